The maximum absolute atomic E-state index is 12.9. The molecule has 1 atom stereocenters. The number of rotatable bonds is 5. The Morgan fingerprint density at radius 1 is 1.05 bits per heavy atom. The van der Waals surface area contributed by atoms with Gasteiger partial charge in [0.2, 0.25) is 6.08 Å². The second-order valence-electron chi connectivity index (χ2n) is 4.79. The molecule has 0 aromatic heterocycles. The first kappa shape index (κ1) is 14.2. The molecule has 0 N–H and O–H groups in total. The molecule has 0 spiro atoms. The highest BCUT2D eigenvalue weighted by Gasteiger charge is 2.05. The van der Waals surface area contributed by atoms with E-state index in [1.54, 1.807) is 18.2 Å². The molecule has 2 aromatic carbocycles. The third-order valence-corrected chi connectivity index (χ3v) is 3.40. The Morgan fingerprint density at radius 2 is 1.60 bits per heavy atom. The fourth-order valence-corrected chi connectivity index (χ4v) is 2.12. The molecule has 2 rings (SSSR count). The Hall–Kier alpha value is -2.25. The van der Waals surface area contributed by atoms with Crippen molar-refractivity contribution in [2.45, 2.75) is 19.3 Å². The van der Waals surface area contributed by atoms with Gasteiger partial charge in [-0.15, -0.1) is 0 Å². The van der Waals surface area contributed by atoms with Crippen molar-refractivity contribution in [1.29, 1.82) is 0 Å². The smallest absolute Gasteiger partial charge is 0.211 e. The SMILES string of the molecule is CC(CCN=C=O)c1ccc(-c2ccc(F)cc2)cc1. The van der Waals surface area contributed by atoms with Gasteiger partial charge in [0.15, 0.2) is 0 Å². The summed E-state index contributed by atoms with van der Waals surface area (Å²) in [5.74, 6) is 0.115. The number of benzene rings is 2. The molecule has 20 heavy (non-hydrogen) atoms. The molecule has 102 valence electrons. The van der Waals surface area contributed by atoms with Gasteiger partial charge in [-0.1, -0.05) is 43.3 Å². The van der Waals surface area contributed by atoms with Gasteiger partial charge >= 0.3 is 0 Å². The molecule has 0 bridgehead atoms. The normalized spacial score (nSPS) is 11.7. The second-order valence-corrected chi connectivity index (χ2v) is 4.79. The summed E-state index contributed by atoms with van der Waals surface area (Å²) in [5.41, 5.74) is 3.26. The van der Waals surface area contributed by atoms with Gasteiger partial charge < -0.3 is 0 Å². The van der Waals surface area contributed by atoms with Crippen molar-refractivity contribution >= 4 is 6.08 Å². The number of isocyanates is 1. The van der Waals surface area contributed by atoms with Crippen LogP contribution >= 0.6 is 0 Å². The third kappa shape index (κ3) is 3.62. The van der Waals surface area contributed by atoms with Crippen LogP contribution in [0.4, 0.5) is 4.39 Å². The van der Waals surface area contributed by atoms with E-state index in [4.69, 9.17) is 0 Å². The van der Waals surface area contributed by atoms with Crippen molar-refractivity contribution in [1.82, 2.24) is 0 Å². The van der Waals surface area contributed by atoms with Crippen LogP contribution < -0.4 is 0 Å². The molecular formula is C17H16FNO. The van der Waals surface area contributed by atoms with Gasteiger partial charge in [-0.05, 0) is 41.2 Å². The van der Waals surface area contributed by atoms with Crippen LogP contribution in [-0.2, 0) is 4.79 Å². The number of aliphatic imine (C=N–C) groups is 1. The maximum Gasteiger partial charge on any atom is 0.234 e. The van der Waals surface area contributed by atoms with Crippen LogP contribution in [0.25, 0.3) is 11.1 Å². The van der Waals surface area contributed by atoms with E-state index in [0.717, 1.165) is 17.5 Å². The molecule has 0 fully saturated rings. The molecule has 0 heterocycles. The number of hydrogen-bond acceptors (Lipinski definition) is 2. The monoisotopic (exact) mass is 269 g/mol. The van der Waals surface area contributed by atoms with Crippen molar-refractivity contribution in [2.24, 2.45) is 4.99 Å². The quantitative estimate of drug-likeness (QED) is 0.587. The van der Waals surface area contributed by atoms with E-state index in [2.05, 4.69) is 24.0 Å². The van der Waals surface area contributed by atoms with E-state index >= 15 is 0 Å². The van der Waals surface area contributed by atoms with E-state index in [9.17, 15) is 9.18 Å². The Balaban J connectivity index is 2.09. The van der Waals surface area contributed by atoms with Crippen LogP contribution in [0.3, 0.4) is 0 Å². The minimum atomic E-state index is -0.227. The lowest BCUT2D eigenvalue weighted by Gasteiger charge is -2.11. The average molecular weight is 269 g/mol. The minimum Gasteiger partial charge on any atom is -0.211 e. The maximum atomic E-state index is 12.9. The van der Waals surface area contributed by atoms with Crippen LogP contribution in [0.2, 0.25) is 0 Å². The molecule has 2 nitrogen and oxygen atoms in total. The Kier molecular flexibility index (Phi) is 4.80. The number of carbonyl (C=O) groups excluding carboxylic acids is 1. The highest BCUT2D eigenvalue weighted by molar-refractivity contribution is 5.63. The largest absolute Gasteiger partial charge is 0.234 e. The zero-order valence-electron chi connectivity index (χ0n) is 11.3. The lowest BCUT2D eigenvalue weighted by molar-refractivity contribution is 0.561. The first-order valence-electron chi connectivity index (χ1n) is 6.60. The summed E-state index contributed by atoms with van der Waals surface area (Å²) in [6.45, 7) is 2.61. The molecule has 0 saturated carbocycles. The summed E-state index contributed by atoms with van der Waals surface area (Å²) in [7, 11) is 0. The third-order valence-electron chi connectivity index (χ3n) is 3.40. The Labute approximate surface area is 118 Å². The average Bonchev–Trinajstić information content (AvgIpc) is 2.48. The second kappa shape index (κ2) is 6.78. The van der Waals surface area contributed by atoms with Crippen LogP contribution in [0.5, 0.6) is 0 Å². The predicted molar refractivity (Wildman–Crippen MR) is 77.9 cm³/mol. The fraction of sp³-hybridized carbons (Fsp3) is 0.235. The van der Waals surface area contributed by atoms with Crippen LogP contribution in [0.15, 0.2) is 53.5 Å². The molecule has 1 unspecified atom stereocenters. The summed E-state index contributed by atoms with van der Waals surface area (Å²) >= 11 is 0. The molecule has 3 heteroatoms. The molecule has 2 aromatic rings. The topological polar surface area (TPSA) is 29.4 Å². The summed E-state index contributed by atoms with van der Waals surface area (Å²) in [5, 5.41) is 0. The van der Waals surface area contributed by atoms with Gasteiger partial charge in [0, 0.05) is 0 Å². The molecule has 0 aliphatic rings. The highest BCUT2D eigenvalue weighted by atomic mass is 19.1. The van der Waals surface area contributed by atoms with Gasteiger partial charge in [-0.25, -0.2) is 14.2 Å². The molecule has 0 amide bonds. The summed E-state index contributed by atoms with van der Waals surface area (Å²) < 4.78 is 12.9. The van der Waals surface area contributed by atoms with E-state index in [-0.39, 0.29) is 5.82 Å². The van der Waals surface area contributed by atoms with Crippen molar-refractivity contribution in [3.05, 3.63) is 59.9 Å². The van der Waals surface area contributed by atoms with E-state index in [1.807, 2.05) is 12.1 Å². The number of nitrogens with zero attached hydrogens (tertiary/aromatic N) is 1. The van der Waals surface area contributed by atoms with Gasteiger partial charge in [0.1, 0.15) is 5.82 Å². The summed E-state index contributed by atoms with van der Waals surface area (Å²) in [4.78, 5) is 13.6. The first-order valence-corrected chi connectivity index (χ1v) is 6.60. The minimum absolute atomic E-state index is 0.227. The van der Waals surface area contributed by atoms with Crippen molar-refractivity contribution in [2.75, 3.05) is 6.54 Å². The molecular weight excluding hydrogens is 253 g/mol. The van der Waals surface area contributed by atoms with Crippen molar-refractivity contribution < 1.29 is 9.18 Å². The van der Waals surface area contributed by atoms with Gasteiger partial charge in [-0.3, -0.25) is 0 Å². The van der Waals surface area contributed by atoms with E-state index in [0.29, 0.717) is 12.5 Å². The molecule has 0 saturated heterocycles. The van der Waals surface area contributed by atoms with Crippen LogP contribution in [0, 0.1) is 5.82 Å². The van der Waals surface area contributed by atoms with Crippen LogP contribution in [-0.4, -0.2) is 12.6 Å². The number of halogens is 1. The van der Waals surface area contributed by atoms with Crippen molar-refractivity contribution in [3.8, 4) is 11.1 Å². The lowest BCUT2D eigenvalue weighted by Crippen LogP contribution is -1.95. The van der Waals surface area contributed by atoms with E-state index in [1.165, 1.54) is 17.7 Å². The number of hydrogen-bond donors (Lipinski definition) is 0. The van der Waals surface area contributed by atoms with Gasteiger partial charge in [0.25, 0.3) is 0 Å². The lowest BCUT2D eigenvalue weighted by atomic mass is 9.95. The highest BCUT2D eigenvalue weighted by Crippen LogP contribution is 2.24. The summed E-state index contributed by atoms with van der Waals surface area (Å²) in [6, 6.07) is 14.7. The van der Waals surface area contributed by atoms with Crippen LogP contribution in [0.1, 0.15) is 24.8 Å². The first-order chi connectivity index (χ1) is 9.70. The van der Waals surface area contributed by atoms with Gasteiger partial charge in [0.05, 0.1) is 6.54 Å². The van der Waals surface area contributed by atoms with Gasteiger partial charge in [-0.2, -0.15) is 0 Å². The zero-order chi connectivity index (χ0) is 14.4. The fourth-order valence-electron chi connectivity index (χ4n) is 2.12. The standard InChI is InChI=1S/C17H16FNO/c1-13(10-11-19-12-20)14-2-4-15(5-3-14)16-6-8-17(18)9-7-16/h2-9,13H,10-11H2,1H3. The van der Waals surface area contributed by atoms with E-state index < -0.39 is 0 Å². The summed E-state index contributed by atoms with van der Waals surface area (Å²) in [6.07, 6.45) is 2.38. The molecule has 0 aliphatic carbocycles. The Bertz CT molecular complexity index is 598. The Morgan fingerprint density at radius 3 is 2.15 bits per heavy atom. The predicted octanol–water partition coefficient (Wildman–Crippen LogP) is 4.32. The zero-order valence-corrected chi connectivity index (χ0v) is 11.3. The van der Waals surface area contributed by atoms with Crippen molar-refractivity contribution in [3.63, 3.8) is 0 Å². The molecule has 0 aliphatic heterocycles. The molecule has 0 radical (unpaired) electrons.